The molecule has 1 aromatic rings. The smallest absolute Gasteiger partial charge is 0.135 e. The first-order valence-electron chi connectivity index (χ1n) is 6.78. The SMILES string of the molecule is CC(C)c1ccc(CCCC(=O)C2CC2)cc1. The fourth-order valence-corrected chi connectivity index (χ4v) is 2.15. The van der Waals surface area contributed by atoms with Gasteiger partial charge in [-0.1, -0.05) is 38.1 Å². The fourth-order valence-electron chi connectivity index (χ4n) is 2.15. The third-order valence-electron chi connectivity index (χ3n) is 3.57. The Hall–Kier alpha value is -1.11. The molecule has 0 unspecified atom stereocenters. The Bertz CT molecular complexity index is 371. The second kappa shape index (κ2) is 5.48. The molecular formula is C16H22O. The maximum atomic E-state index is 11.5. The molecule has 0 N–H and O–H groups in total. The lowest BCUT2D eigenvalue weighted by Gasteiger charge is -2.06. The van der Waals surface area contributed by atoms with Crippen LogP contribution in [0, 0.1) is 5.92 Å². The highest BCUT2D eigenvalue weighted by molar-refractivity contribution is 5.83. The molecule has 0 radical (unpaired) electrons. The quantitative estimate of drug-likeness (QED) is 0.718. The Morgan fingerprint density at radius 1 is 1.24 bits per heavy atom. The van der Waals surface area contributed by atoms with Gasteiger partial charge in [-0.25, -0.2) is 0 Å². The molecule has 1 aliphatic rings. The average molecular weight is 230 g/mol. The summed E-state index contributed by atoms with van der Waals surface area (Å²) in [6.45, 7) is 4.42. The van der Waals surface area contributed by atoms with Crippen molar-refractivity contribution in [1.29, 1.82) is 0 Å². The van der Waals surface area contributed by atoms with Crippen molar-refractivity contribution in [3.63, 3.8) is 0 Å². The highest BCUT2D eigenvalue weighted by Crippen LogP contribution is 2.31. The Morgan fingerprint density at radius 3 is 2.41 bits per heavy atom. The first-order valence-corrected chi connectivity index (χ1v) is 6.78. The first kappa shape index (κ1) is 12.3. The van der Waals surface area contributed by atoms with Crippen molar-refractivity contribution in [3.05, 3.63) is 35.4 Å². The molecule has 1 aliphatic carbocycles. The lowest BCUT2D eigenvalue weighted by Crippen LogP contribution is -2.00. The first-order chi connectivity index (χ1) is 8.16. The third kappa shape index (κ3) is 3.69. The molecule has 0 aromatic heterocycles. The van der Waals surface area contributed by atoms with Crippen LogP contribution in [0.2, 0.25) is 0 Å². The van der Waals surface area contributed by atoms with Crippen LogP contribution in [0.5, 0.6) is 0 Å². The molecule has 1 saturated carbocycles. The molecular weight excluding hydrogens is 208 g/mol. The van der Waals surface area contributed by atoms with Crippen LogP contribution in [0.25, 0.3) is 0 Å². The maximum Gasteiger partial charge on any atom is 0.135 e. The highest BCUT2D eigenvalue weighted by Gasteiger charge is 2.28. The van der Waals surface area contributed by atoms with E-state index in [1.165, 1.54) is 11.1 Å². The molecule has 0 saturated heterocycles. The van der Waals surface area contributed by atoms with Gasteiger partial charge in [-0.05, 0) is 42.7 Å². The van der Waals surface area contributed by atoms with Gasteiger partial charge in [0.2, 0.25) is 0 Å². The van der Waals surface area contributed by atoms with Crippen LogP contribution in [0.1, 0.15) is 56.6 Å². The molecule has 0 bridgehead atoms. The molecule has 1 aromatic carbocycles. The zero-order chi connectivity index (χ0) is 12.3. The van der Waals surface area contributed by atoms with Crippen molar-refractivity contribution >= 4 is 5.78 Å². The summed E-state index contributed by atoms with van der Waals surface area (Å²) in [5.41, 5.74) is 2.75. The summed E-state index contributed by atoms with van der Waals surface area (Å²) in [7, 11) is 0. The van der Waals surface area contributed by atoms with E-state index in [-0.39, 0.29) is 0 Å². The van der Waals surface area contributed by atoms with E-state index in [9.17, 15) is 4.79 Å². The predicted molar refractivity (Wildman–Crippen MR) is 71.2 cm³/mol. The van der Waals surface area contributed by atoms with Crippen LogP contribution >= 0.6 is 0 Å². The molecule has 2 rings (SSSR count). The minimum absolute atomic E-state index is 0.429. The number of ketones is 1. The van der Waals surface area contributed by atoms with Gasteiger partial charge >= 0.3 is 0 Å². The molecule has 0 amide bonds. The minimum atomic E-state index is 0.429. The number of hydrogen-bond donors (Lipinski definition) is 0. The van der Waals surface area contributed by atoms with E-state index in [0.29, 0.717) is 17.6 Å². The molecule has 0 atom stereocenters. The van der Waals surface area contributed by atoms with Crippen molar-refractivity contribution in [2.45, 2.75) is 51.9 Å². The number of hydrogen-bond acceptors (Lipinski definition) is 1. The largest absolute Gasteiger partial charge is 0.299 e. The van der Waals surface area contributed by atoms with Crippen LogP contribution in [-0.4, -0.2) is 5.78 Å². The number of rotatable bonds is 6. The monoisotopic (exact) mass is 230 g/mol. The number of Topliss-reactive ketones (excluding diaryl/α,β-unsaturated/α-hetero) is 1. The van der Waals surface area contributed by atoms with Crippen LogP contribution in [0.3, 0.4) is 0 Å². The standard InChI is InChI=1S/C16H22O/c1-12(2)14-8-6-13(7-9-14)4-3-5-16(17)15-10-11-15/h6-9,12,15H,3-5,10-11H2,1-2H3. The predicted octanol–water partition coefficient (Wildman–Crippen LogP) is 4.11. The van der Waals surface area contributed by atoms with Gasteiger partial charge < -0.3 is 0 Å². The lowest BCUT2D eigenvalue weighted by atomic mass is 9.99. The number of benzene rings is 1. The van der Waals surface area contributed by atoms with Gasteiger partial charge in [0, 0.05) is 12.3 Å². The van der Waals surface area contributed by atoms with Gasteiger partial charge in [0.05, 0.1) is 0 Å². The van der Waals surface area contributed by atoms with Gasteiger partial charge in [-0.2, -0.15) is 0 Å². The van der Waals surface area contributed by atoms with Crippen molar-refractivity contribution in [2.75, 3.05) is 0 Å². The summed E-state index contributed by atoms with van der Waals surface area (Å²) in [6, 6.07) is 8.83. The summed E-state index contributed by atoms with van der Waals surface area (Å²) in [5.74, 6) is 1.52. The Morgan fingerprint density at radius 2 is 1.88 bits per heavy atom. The van der Waals surface area contributed by atoms with Crippen molar-refractivity contribution in [3.8, 4) is 0 Å². The van der Waals surface area contributed by atoms with Crippen molar-refractivity contribution in [2.24, 2.45) is 5.92 Å². The van der Waals surface area contributed by atoms with E-state index in [0.717, 1.165) is 32.1 Å². The van der Waals surface area contributed by atoms with E-state index in [2.05, 4.69) is 38.1 Å². The normalized spacial score (nSPS) is 15.2. The Balaban J connectivity index is 1.76. The highest BCUT2D eigenvalue weighted by atomic mass is 16.1. The lowest BCUT2D eigenvalue weighted by molar-refractivity contribution is -0.120. The summed E-state index contributed by atoms with van der Waals surface area (Å²) >= 11 is 0. The van der Waals surface area contributed by atoms with Gasteiger partial charge in [-0.15, -0.1) is 0 Å². The second-order valence-corrected chi connectivity index (χ2v) is 5.49. The minimum Gasteiger partial charge on any atom is -0.299 e. The van der Waals surface area contributed by atoms with E-state index in [4.69, 9.17) is 0 Å². The molecule has 1 heteroatoms. The molecule has 17 heavy (non-hydrogen) atoms. The van der Waals surface area contributed by atoms with Crippen LogP contribution < -0.4 is 0 Å². The maximum absolute atomic E-state index is 11.5. The molecule has 0 aliphatic heterocycles. The Labute approximate surface area is 104 Å². The van der Waals surface area contributed by atoms with Gasteiger partial charge in [0.1, 0.15) is 5.78 Å². The average Bonchev–Trinajstić information content (AvgIpc) is 3.13. The molecule has 1 fully saturated rings. The molecule has 1 nitrogen and oxygen atoms in total. The summed E-state index contributed by atoms with van der Waals surface area (Å²) in [4.78, 5) is 11.5. The van der Waals surface area contributed by atoms with E-state index in [1.54, 1.807) is 0 Å². The second-order valence-electron chi connectivity index (χ2n) is 5.49. The molecule has 92 valence electrons. The molecule has 0 spiro atoms. The zero-order valence-electron chi connectivity index (χ0n) is 10.9. The summed E-state index contributed by atoms with van der Waals surface area (Å²) in [6.07, 6.45) is 5.10. The Kier molecular flexibility index (Phi) is 3.98. The van der Waals surface area contributed by atoms with Crippen molar-refractivity contribution < 1.29 is 4.79 Å². The molecule has 0 heterocycles. The van der Waals surface area contributed by atoms with E-state index >= 15 is 0 Å². The van der Waals surface area contributed by atoms with E-state index < -0.39 is 0 Å². The number of aryl methyl sites for hydroxylation is 1. The van der Waals surface area contributed by atoms with Gasteiger partial charge in [0.15, 0.2) is 0 Å². The van der Waals surface area contributed by atoms with Crippen LogP contribution in [-0.2, 0) is 11.2 Å². The van der Waals surface area contributed by atoms with Gasteiger partial charge in [-0.3, -0.25) is 4.79 Å². The van der Waals surface area contributed by atoms with E-state index in [1.807, 2.05) is 0 Å². The number of carbonyl (C=O) groups excluding carboxylic acids is 1. The van der Waals surface area contributed by atoms with Gasteiger partial charge in [0.25, 0.3) is 0 Å². The zero-order valence-corrected chi connectivity index (χ0v) is 10.9. The topological polar surface area (TPSA) is 17.1 Å². The summed E-state index contributed by atoms with van der Waals surface area (Å²) in [5, 5.41) is 0. The summed E-state index contributed by atoms with van der Waals surface area (Å²) < 4.78 is 0. The number of carbonyl (C=O) groups is 1. The van der Waals surface area contributed by atoms with Crippen LogP contribution in [0.15, 0.2) is 24.3 Å². The fraction of sp³-hybridized carbons (Fsp3) is 0.562. The third-order valence-corrected chi connectivity index (χ3v) is 3.57. The van der Waals surface area contributed by atoms with Crippen LogP contribution in [0.4, 0.5) is 0 Å². The van der Waals surface area contributed by atoms with Crippen molar-refractivity contribution in [1.82, 2.24) is 0 Å².